The second kappa shape index (κ2) is 3.99. The van der Waals surface area contributed by atoms with Crippen molar-refractivity contribution in [2.75, 3.05) is 6.54 Å². The van der Waals surface area contributed by atoms with Crippen LogP contribution >= 0.6 is 11.6 Å². The lowest BCUT2D eigenvalue weighted by atomic mass is 10.1. The maximum Gasteiger partial charge on any atom is 0.0516 e. The summed E-state index contributed by atoms with van der Waals surface area (Å²) in [6, 6.07) is 12.3. The van der Waals surface area contributed by atoms with Crippen molar-refractivity contribution in [3.05, 3.63) is 47.0 Å². The molecule has 0 aliphatic carbocycles. The van der Waals surface area contributed by atoms with Crippen LogP contribution in [0.5, 0.6) is 0 Å². The lowest BCUT2D eigenvalue weighted by Crippen LogP contribution is -2.03. The van der Waals surface area contributed by atoms with E-state index in [1.807, 2.05) is 18.2 Å². The molecule has 2 aromatic carbocycles. The summed E-state index contributed by atoms with van der Waals surface area (Å²) in [4.78, 5) is 0. The van der Waals surface area contributed by atoms with Crippen molar-refractivity contribution in [2.24, 2.45) is 5.73 Å². The van der Waals surface area contributed by atoms with Crippen LogP contribution in [0.2, 0.25) is 5.02 Å². The fraction of sp³-hybridized carbons (Fsp3) is 0.167. The summed E-state index contributed by atoms with van der Waals surface area (Å²) in [6.45, 7) is 0.637. The predicted molar refractivity (Wildman–Crippen MR) is 61.7 cm³/mol. The zero-order valence-electron chi connectivity index (χ0n) is 7.83. The number of fused-ring (bicyclic) bond motifs is 1. The van der Waals surface area contributed by atoms with Gasteiger partial charge in [-0.2, -0.15) is 0 Å². The molecule has 0 aliphatic heterocycles. The maximum atomic E-state index is 6.26. The molecule has 0 aliphatic rings. The van der Waals surface area contributed by atoms with Crippen molar-refractivity contribution in [1.82, 2.24) is 0 Å². The Labute approximate surface area is 88.5 Å². The van der Waals surface area contributed by atoms with Gasteiger partial charge in [-0.3, -0.25) is 0 Å². The maximum absolute atomic E-state index is 6.26. The largest absolute Gasteiger partial charge is 0.330 e. The fourth-order valence-corrected chi connectivity index (χ4v) is 1.96. The third kappa shape index (κ3) is 1.61. The SMILES string of the molecule is NCCc1ccc2ccccc2c1Cl. The Kier molecular flexibility index (Phi) is 2.71. The molecule has 0 unspecified atom stereocenters. The molecule has 2 rings (SSSR count). The summed E-state index contributed by atoms with van der Waals surface area (Å²) in [5.41, 5.74) is 6.65. The Hall–Kier alpha value is -1.05. The first kappa shape index (κ1) is 9.50. The van der Waals surface area contributed by atoms with E-state index in [9.17, 15) is 0 Å². The molecule has 0 saturated heterocycles. The summed E-state index contributed by atoms with van der Waals surface area (Å²) in [7, 11) is 0. The Morgan fingerprint density at radius 3 is 2.64 bits per heavy atom. The van der Waals surface area contributed by atoms with Crippen LogP contribution in [-0.2, 0) is 6.42 Å². The second-order valence-corrected chi connectivity index (χ2v) is 3.68. The van der Waals surface area contributed by atoms with E-state index in [2.05, 4.69) is 18.2 Å². The van der Waals surface area contributed by atoms with Crippen molar-refractivity contribution in [2.45, 2.75) is 6.42 Å². The van der Waals surface area contributed by atoms with E-state index < -0.39 is 0 Å². The van der Waals surface area contributed by atoms with Crippen LogP contribution < -0.4 is 5.73 Å². The molecule has 2 aromatic rings. The van der Waals surface area contributed by atoms with Crippen LogP contribution in [0, 0.1) is 0 Å². The Morgan fingerprint density at radius 2 is 1.86 bits per heavy atom. The van der Waals surface area contributed by atoms with Gasteiger partial charge < -0.3 is 5.73 Å². The van der Waals surface area contributed by atoms with E-state index >= 15 is 0 Å². The molecular formula is C12H12ClN. The van der Waals surface area contributed by atoms with Gasteiger partial charge in [-0.15, -0.1) is 0 Å². The molecule has 2 N–H and O–H groups in total. The Morgan fingerprint density at radius 1 is 1.07 bits per heavy atom. The standard InChI is InChI=1S/C12H12ClN/c13-12-10(7-8-14)6-5-9-3-1-2-4-11(9)12/h1-6H,7-8,14H2. The third-order valence-electron chi connectivity index (χ3n) is 2.36. The predicted octanol–water partition coefficient (Wildman–Crippen LogP) is 2.99. The molecule has 0 aromatic heterocycles. The van der Waals surface area contributed by atoms with Gasteiger partial charge in [0.05, 0.1) is 5.02 Å². The number of hydrogen-bond donors (Lipinski definition) is 1. The minimum absolute atomic E-state index is 0.637. The van der Waals surface area contributed by atoms with E-state index in [0.29, 0.717) is 6.54 Å². The fourth-order valence-electron chi connectivity index (χ4n) is 1.63. The molecule has 0 saturated carbocycles. The Bertz CT molecular complexity index is 451. The van der Waals surface area contributed by atoms with Gasteiger partial charge in [0, 0.05) is 5.39 Å². The minimum atomic E-state index is 0.637. The van der Waals surface area contributed by atoms with Crippen LogP contribution in [0.15, 0.2) is 36.4 Å². The molecule has 1 nitrogen and oxygen atoms in total. The number of hydrogen-bond acceptors (Lipinski definition) is 1. The third-order valence-corrected chi connectivity index (χ3v) is 2.80. The highest BCUT2D eigenvalue weighted by molar-refractivity contribution is 6.36. The van der Waals surface area contributed by atoms with Gasteiger partial charge in [0.15, 0.2) is 0 Å². The molecule has 14 heavy (non-hydrogen) atoms. The van der Waals surface area contributed by atoms with Gasteiger partial charge in [0.2, 0.25) is 0 Å². The molecule has 2 heteroatoms. The van der Waals surface area contributed by atoms with Gasteiger partial charge in [0.1, 0.15) is 0 Å². The zero-order chi connectivity index (χ0) is 9.97. The van der Waals surface area contributed by atoms with Gasteiger partial charge in [-0.1, -0.05) is 48.0 Å². The second-order valence-electron chi connectivity index (χ2n) is 3.30. The van der Waals surface area contributed by atoms with Crippen molar-refractivity contribution in [3.8, 4) is 0 Å². The van der Waals surface area contributed by atoms with Crippen molar-refractivity contribution >= 4 is 22.4 Å². The lowest BCUT2D eigenvalue weighted by molar-refractivity contribution is 0.971. The summed E-state index contributed by atoms with van der Waals surface area (Å²) in [5, 5.41) is 3.13. The van der Waals surface area contributed by atoms with E-state index in [-0.39, 0.29) is 0 Å². The van der Waals surface area contributed by atoms with Crippen LogP contribution in [-0.4, -0.2) is 6.54 Å². The first-order valence-corrected chi connectivity index (χ1v) is 5.07. The van der Waals surface area contributed by atoms with Gasteiger partial charge >= 0.3 is 0 Å². The Balaban J connectivity index is 2.63. The van der Waals surface area contributed by atoms with E-state index in [0.717, 1.165) is 22.4 Å². The smallest absolute Gasteiger partial charge is 0.0516 e. The quantitative estimate of drug-likeness (QED) is 0.802. The van der Waals surface area contributed by atoms with E-state index in [1.165, 1.54) is 5.39 Å². The highest BCUT2D eigenvalue weighted by Gasteiger charge is 2.03. The normalized spacial score (nSPS) is 10.7. The first-order chi connectivity index (χ1) is 6.83. The number of nitrogens with two attached hydrogens (primary N) is 1. The monoisotopic (exact) mass is 205 g/mol. The topological polar surface area (TPSA) is 26.0 Å². The highest BCUT2D eigenvalue weighted by atomic mass is 35.5. The van der Waals surface area contributed by atoms with Gasteiger partial charge in [0.25, 0.3) is 0 Å². The van der Waals surface area contributed by atoms with E-state index in [4.69, 9.17) is 17.3 Å². The van der Waals surface area contributed by atoms with Crippen LogP contribution in [0.3, 0.4) is 0 Å². The molecule has 0 fully saturated rings. The molecule has 0 heterocycles. The van der Waals surface area contributed by atoms with Crippen molar-refractivity contribution < 1.29 is 0 Å². The van der Waals surface area contributed by atoms with Crippen LogP contribution in [0.4, 0.5) is 0 Å². The number of rotatable bonds is 2. The van der Waals surface area contributed by atoms with Crippen LogP contribution in [0.25, 0.3) is 10.8 Å². The van der Waals surface area contributed by atoms with Gasteiger partial charge in [-0.05, 0) is 23.9 Å². The molecule has 72 valence electrons. The van der Waals surface area contributed by atoms with Crippen molar-refractivity contribution in [1.29, 1.82) is 0 Å². The van der Waals surface area contributed by atoms with Crippen LogP contribution in [0.1, 0.15) is 5.56 Å². The number of benzene rings is 2. The summed E-state index contributed by atoms with van der Waals surface area (Å²) in [6.07, 6.45) is 0.837. The average molecular weight is 206 g/mol. The first-order valence-electron chi connectivity index (χ1n) is 4.69. The minimum Gasteiger partial charge on any atom is -0.330 e. The molecule has 0 radical (unpaired) electrons. The summed E-state index contributed by atoms with van der Waals surface area (Å²) in [5.74, 6) is 0. The summed E-state index contributed by atoms with van der Waals surface area (Å²) < 4.78 is 0. The molecule has 0 amide bonds. The molecule has 0 atom stereocenters. The number of halogens is 1. The molecular weight excluding hydrogens is 194 g/mol. The van der Waals surface area contributed by atoms with Gasteiger partial charge in [-0.25, -0.2) is 0 Å². The van der Waals surface area contributed by atoms with Crippen molar-refractivity contribution in [3.63, 3.8) is 0 Å². The highest BCUT2D eigenvalue weighted by Crippen LogP contribution is 2.27. The lowest BCUT2D eigenvalue weighted by Gasteiger charge is -2.06. The summed E-state index contributed by atoms with van der Waals surface area (Å²) >= 11 is 6.26. The average Bonchev–Trinajstić information content (AvgIpc) is 2.23. The molecule has 0 spiro atoms. The molecule has 0 bridgehead atoms. The van der Waals surface area contributed by atoms with E-state index in [1.54, 1.807) is 0 Å². The zero-order valence-corrected chi connectivity index (χ0v) is 8.59.